The van der Waals surface area contributed by atoms with Crippen molar-refractivity contribution in [3.8, 4) is 0 Å². The van der Waals surface area contributed by atoms with Gasteiger partial charge in [-0.15, -0.1) is 0 Å². The predicted molar refractivity (Wildman–Crippen MR) is 139 cm³/mol. The van der Waals surface area contributed by atoms with Crippen LogP contribution in [0.4, 0.5) is 5.82 Å². The molecule has 0 amide bonds. The molecule has 13 heteroatoms. The molecule has 1 fully saturated rings. The van der Waals surface area contributed by atoms with Crippen molar-refractivity contribution in [2.75, 3.05) is 57.3 Å². The van der Waals surface area contributed by atoms with Gasteiger partial charge in [-0.05, 0) is 37.5 Å². The Morgan fingerprint density at radius 2 is 1.97 bits per heavy atom. The van der Waals surface area contributed by atoms with E-state index >= 15 is 0 Å². The van der Waals surface area contributed by atoms with Crippen molar-refractivity contribution in [2.45, 2.75) is 25.9 Å². The summed E-state index contributed by atoms with van der Waals surface area (Å²) in [4.78, 5) is 3.51. The number of methoxy groups -OCH3 is 1. The van der Waals surface area contributed by atoms with E-state index in [4.69, 9.17) is 9.47 Å². The number of aromatic nitrogens is 1. The number of H-pyrrole nitrogens is 1. The van der Waals surface area contributed by atoms with Crippen LogP contribution in [0.1, 0.15) is 25.8 Å². The van der Waals surface area contributed by atoms with Gasteiger partial charge < -0.3 is 30.4 Å². The Balaban J connectivity index is 1.61. The highest BCUT2D eigenvalue weighted by molar-refractivity contribution is 7.93. The fourth-order valence-electron chi connectivity index (χ4n) is 4.68. The standard InChI is InChI=1S/C23H35N5O6S2/c1-16-13-18(20(33-3)14-21(16)36(31,32)28-8-10-34-11-9-28)26-23(2)15-19(24-7-12-35(4,29)30)17-5-6-25-22(17)27-23/h5-6,14-16,24-27H,7-13H2,1-4H3. The van der Waals surface area contributed by atoms with Gasteiger partial charge in [0.25, 0.3) is 0 Å². The van der Waals surface area contributed by atoms with E-state index in [1.165, 1.54) is 17.7 Å². The van der Waals surface area contributed by atoms with Crippen LogP contribution in [0.5, 0.6) is 0 Å². The fraction of sp³-hybridized carbons (Fsp3) is 0.565. The molecule has 2 aliphatic heterocycles. The fourth-order valence-corrected chi connectivity index (χ4v) is 6.93. The number of allylic oxidation sites excluding steroid dienone is 3. The molecule has 4 N–H and O–H groups in total. The molecule has 36 heavy (non-hydrogen) atoms. The number of fused-ring (bicyclic) bond motifs is 1. The quantitative estimate of drug-likeness (QED) is 0.362. The molecule has 2 atom stereocenters. The third kappa shape index (κ3) is 5.74. The number of nitrogens with one attached hydrogen (secondary N) is 4. The summed E-state index contributed by atoms with van der Waals surface area (Å²) < 4.78 is 62.2. The number of hydrogen-bond donors (Lipinski definition) is 4. The minimum atomic E-state index is -3.63. The van der Waals surface area contributed by atoms with E-state index in [1.54, 1.807) is 6.08 Å². The molecule has 1 saturated heterocycles. The molecule has 3 aliphatic rings. The van der Waals surface area contributed by atoms with E-state index in [0.717, 1.165) is 22.8 Å². The van der Waals surface area contributed by atoms with Gasteiger partial charge in [0.05, 0.1) is 36.7 Å². The van der Waals surface area contributed by atoms with Crippen LogP contribution >= 0.6 is 0 Å². The van der Waals surface area contributed by atoms with Crippen LogP contribution in [0.3, 0.4) is 0 Å². The van der Waals surface area contributed by atoms with Crippen LogP contribution in [0.2, 0.25) is 0 Å². The van der Waals surface area contributed by atoms with Gasteiger partial charge in [-0.3, -0.25) is 0 Å². The normalized spacial score (nSPS) is 25.4. The summed E-state index contributed by atoms with van der Waals surface area (Å²) in [7, 11) is -5.21. The Morgan fingerprint density at radius 3 is 2.64 bits per heavy atom. The van der Waals surface area contributed by atoms with Gasteiger partial charge in [-0.25, -0.2) is 16.8 Å². The van der Waals surface area contributed by atoms with E-state index in [9.17, 15) is 16.8 Å². The molecule has 0 saturated carbocycles. The van der Waals surface area contributed by atoms with Gasteiger partial charge in [0.1, 0.15) is 27.1 Å². The second-order valence-corrected chi connectivity index (χ2v) is 13.7. The maximum Gasteiger partial charge on any atom is 0.239 e. The zero-order valence-corrected chi connectivity index (χ0v) is 22.7. The summed E-state index contributed by atoms with van der Waals surface area (Å²) in [6.45, 7) is 5.57. The number of ether oxygens (including phenoxy) is 2. The van der Waals surface area contributed by atoms with Crippen molar-refractivity contribution in [3.05, 3.63) is 46.3 Å². The maximum atomic E-state index is 13.3. The van der Waals surface area contributed by atoms with Gasteiger partial charge in [0.2, 0.25) is 10.0 Å². The minimum absolute atomic E-state index is 0.0172. The molecule has 0 radical (unpaired) electrons. The van der Waals surface area contributed by atoms with Crippen molar-refractivity contribution in [2.24, 2.45) is 5.92 Å². The first kappa shape index (κ1) is 26.6. The maximum absolute atomic E-state index is 13.3. The zero-order chi connectivity index (χ0) is 26.1. The highest BCUT2D eigenvalue weighted by atomic mass is 32.2. The van der Waals surface area contributed by atoms with E-state index in [0.29, 0.717) is 43.4 Å². The van der Waals surface area contributed by atoms with Gasteiger partial charge in [-0.2, -0.15) is 4.31 Å². The molecular weight excluding hydrogens is 506 g/mol. The average Bonchev–Trinajstić information content (AvgIpc) is 3.26. The number of rotatable bonds is 9. The summed E-state index contributed by atoms with van der Waals surface area (Å²) in [5.41, 5.74) is 1.69. The van der Waals surface area contributed by atoms with Crippen LogP contribution in [-0.4, -0.2) is 83.8 Å². The number of sulfone groups is 1. The number of anilines is 1. The van der Waals surface area contributed by atoms with Crippen molar-refractivity contribution in [1.82, 2.24) is 19.9 Å². The summed E-state index contributed by atoms with van der Waals surface area (Å²) in [5, 5.41) is 10.2. The predicted octanol–water partition coefficient (Wildman–Crippen LogP) is 1.16. The number of morpholine rings is 1. The molecule has 0 bridgehead atoms. The Labute approximate surface area is 213 Å². The lowest BCUT2D eigenvalue weighted by atomic mass is 9.96. The summed E-state index contributed by atoms with van der Waals surface area (Å²) in [6.07, 6.45) is 7.03. The molecule has 1 aliphatic carbocycles. The number of hydrogen-bond acceptors (Lipinski definition) is 9. The Morgan fingerprint density at radius 1 is 1.25 bits per heavy atom. The van der Waals surface area contributed by atoms with Crippen molar-refractivity contribution < 1.29 is 26.3 Å². The van der Waals surface area contributed by atoms with Crippen molar-refractivity contribution >= 4 is 31.4 Å². The summed E-state index contributed by atoms with van der Waals surface area (Å²) >= 11 is 0. The third-order valence-electron chi connectivity index (χ3n) is 6.45. The number of sulfonamides is 1. The van der Waals surface area contributed by atoms with E-state index in [-0.39, 0.29) is 18.2 Å². The molecule has 200 valence electrons. The lowest BCUT2D eigenvalue weighted by Crippen LogP contribution is -2.50. The molecule has 3 heterocycles. The minimum Gasteiger partial charge on any atom is -0.495 e. The zero-order valence-electron chi connectivity index (χ0n) is 21.0. The molecule has 4 rings (SSSR count). The van der Waals surface area contributed by atoms with Gasteiger partial charge in [0, 0.05) is 43.3 Å². The van der Waals surface area contributed by atoms with Gasteiger partial charge in [-0.1, -0.05) is 6.92 Å². The summed E-state index contributed by atoms with van der Waals surface area (Å²) in [5.74, 6) is 0.997. The largest absolute Gasteiger partial charge is 0.495 e. The van der Waals surface area contributed by atoms with E-state index in [1.807, 2.05) is 32.2 Å². The first-order chi connectivity index (χ1) is 16.9. The molecule has 0 aromatic carbocycles. The Hall–Kier alpha value is -2.48. The Kier molecular flexibility index (Phi) is 7.47. The van der Waals surface area contributed by atoms with E-state index in [2.05, 4.69) is 20.9 Å². The SMILES string of the molecule is COC1=C(NC2(C)C=C(NCCS(C)(=O)=O)c3cc[nH]c3N2)CC(C)C(S(=O)(=O)N2CCOCC2)=C1. The molecule has 1 aromatic rings. The lowest BCUT2D eigenvalue weighted by molar-refractivity contribution is 0.0733. The smallest absolute Gasteiger partial charge is 0.239 e. The first-order valence-corrected chi connectivity index (χ1v) is 15.4. The highest BCUT2D eigenvalue weighted by Crippen LogP contribution is 2.36. The number of nitrogens with zero attached hydrogens (tertiary/aromatic N) is 1. The molecule has 2 unspecified atom stereocenters. The van der Waals surface area contributed by atoms with Crippen LogP contribution in [-0.2, 0) is 29.3 Å². The van der Waals surface area contributed by atoms with Crippen molar-refractivity contribution in [3.63, 3.8) is 0 Å². The second-order valence-electron chi connectivity index (χ2n) is 9.55. The topological polar surface area (TPSA) is 142 Å². The average molecular weight is 542 g/mol. The van der Waals surface area contributed by atoms with Crippen molar-refractivity contribution in [1.29, 1.82) is 0 Å². The van der Waals surface area contributed by atoms with Gasteiger partial charge in [0.15, 0.2) is 0 Å². The Bertz CT molecular complexity index is 1290. The molecular formula is C23H35N5O6S2. The highest BCUT2D eigenvalue weighted by Gasteiger charge is 2.37. The van der Waals surface area contributed by atoms with Gasteiger partial charge >= 0.3 is 0 Å². The van der Waals surface area contributed by atoms with Crippen LogP contribution in [0.25, 0.3) is 5.70 Å². The lowest BCUT2D eigenvalue weighted by Gasteiger charge is -2.38. The van der Waals surface area contributed by atoms with Crippen LogP contribution < -0.4 is 16.0 Å². The monoisotopic (exact) mass is 541 g/mol. The number of aromatic amines is 1. The van der Waals surface area contributed by atoms with E-state index < -0.39 is 25.5 Å². The third-order valence-corrected chi connectivity index (χ3v) is 9.55. The van der Waals surface area contributed by atoms with Crippen LogP contribution in [0.15, 0.2) is 40.8 Å². The molecule has 0 spiro atoms. The summed E-state index contributed by atoms with van der Waals surface area (Å²) in [6, 6.07) is 1.91. The molecule has 1 aromatic heterocycles. The van der Waals surface area contributed by atoms with Crippen LogP contribution in [0, 0.1) is 5.92 Å². The molecule has 11 nitrogen and oxygen atoms in total. The first-order valence-electron chi connectivity index (χ1n) is 11.9. The second kappa shape index (κ2) is 10.1.